The number of hydrogen-bond acceptors (Lipinski definition) is 0. The van der Waals surface area contributed by atoms with Crippen LogP contribution >= 0.6 is 0 Å². The Morgan fingerprint density at radius 2 is 1.43 bits per heavy atom. The van der Waals surface area contributed by atoms with Crippen molar-refractivity contribution in [1.29, 1.82) is 0 Å². The quantitative estimate of drug-likeness (QED) is 0.560. The molecule has 0 radical (unpaired) electrons. The molecule has 0 aliphatic heterocycles. The first kappa shape index (κ1) is 12.2. The van der Waals surface area contributed by atoms with E-state index in [9.17, 15) is 0 Å². The zero-order valence-electron chi connectivity index (χ0n) is 10.6. The van der Waals surface area contributed by atoms with Gasteiger partial charge in [0.05, 0.1) is 0 Å². The predicted molar refractivity (Wildman–Crippen MR) is 70.7 cm³/mol. The molecule has 0 heterocycles. The molecule has 0 aromatic rings. The lowest BCUT2D eigenvalue weighted by Crippen LogP contribution is -2.17. The van der Waals surface area contributed by atoms with E-state index >= 15 is 0 Å². The van der Waals surface area contributed by atoms with Crippen molar-refractivity contribution in [2.24, 2.45) is 5.92 Å². The van der Waals surface area contributed by atoms with E-state index in [1.807, 2.05) is 0 Å². The molecule has 1 aliphatic carbocycles. The molecule has 0 aromatic heterocycles. The Morgan fingerprint density at radius 1 is 0.929 bits per heavy atom. The van der Waals surface area contributed by atoms with Crippen molar-refractivity contribution in [3.05, 3.63) is 0 Å². The fourth-order valence-corrected chi connectivity index (χ4v) is 2.75. The maximum absolute atomic E-state index is 2.43. The Balaban J connectivity index is 2.45. The minimum Gasteiger partial charge on any atom is -0.0697 e. The van der Waals surface area contributed by atoms with Gasteiger partial charge in [-0.05, 0) is 5.92 Å². The van der Waals surface area contributed by atoms with E-state index < -0.39 is 0 Å². The summed E-state index contributed by atoms with van der Waals surface area (Å²) in [5.74, 6) is 1.95. The molecule has 0 aromatic carbocycles. The Bertz CT molecular complexity index is 160. The summed E-state index contributed by atoms with van der Waals surface area (Å²) in [6, 6.07) is 0. The van der Waals surface area contributed by atoms with Crippen molar-refractivity contribution in [3.63, 3.8) is 0 Å². The summed E-state index contributed by atoms with van der Waals surface area (Å²) in [6.07, 6.45) is 10.3. The van der Waals surface area contributed by atoms with Crippen molar-refractivity contribution in [3.8, 4) is 0 Å². The molecule has 0 N–H and O–H groups in total. The third-order valence-electron chi connectivity index (χ3n) is 3.97. The summed E-state index contributed by atoms with van der Waals surface area (Å²) in [5.41, 5.74) is 0. The van der Waals surface area contributed by atoms with Crippen LogP contribution in [0.3, 0.4) is 0 Å². The van der Waals surface area contributed by atoms with Crippen LogP contribution in [0.1, 0.15) is 58.8 Å². The first-order valence-electron chi connectivity index (χ1n) is 6.50. The first-order chi connectivity index (χ1) is 6.50. The van der Waals surface area contributed by atoms with Gasteiger partial charge in [0.2, 0.25) is 0 Å². The van der Waals surface area contributed by atoms with E-state index in [4.69, 9.17) is 0 Å². The molecule has 2 heteroatoms. The third kappa shape index (κ3) is 4.11. The van der Waals surface area contributed by atoms with Crippen LogP contribution in [-0.2, 0) is 0 Å². The van der Waals surface area contributed by atoms with Gasteiger partial charge < -0.3 is 0 Å². The fraction of sp³-hybridized carbons (Fsp3) is 1.00. The Hall–Kier alpha value is 0.130. The second-order valence-corrected chi connectivity index (χ2v) is 6.38. The SMILES string of the molecule is BC1CCCCC(C(B)(C)C)CCC1. The molecule has 2 unspecified atom stereocenters. The second-order valence-electron chi connectivity index (χ2n) is 6.38. The van der Waals surface area contributed by atoms with E-state index in [0.29, 0.717) is 5.31 Å². The highest BCUT2D eigenvalue weighted by Crippen LogP contribution is 2.39. The van der Waals surface area contributed by atoms with Crippen LogP contribution in [0.5, 0.6) is 0 Å². The molecule has 0 amide bonds. The molecule has 14 heavy (non-hydrogen) atoms. The van der Waals surface area contributed by atoms with E-state index in [2.05, 4.69) is 29.5 Å². The number of hydrogen-bond donors (Lipinski definition) is 0. The maximum atomic E-state index is 2.43. The minimum absolute atomic E-state index is 0.535. The Kier molecular flexibility index (Phi) is 4.60. The summed E-state index contributed by atoms with van der Waals surface area (Å²) in [6.45, 7) is 4.83. The van der Waals surface area contributed by atoms with Crippen LogP contribution in [0.2, 0.25) is 11.1 Å². The monoisotopic (exact) mass is 192 g/mol. The fourth-order valence-electron chi connectivity index (χ4n) is 2.75. The largest absolute Gasteiger partial charge is 0.109 e. The average molecular weight is 192 g/mol. The van der Waals surface area contributed by atoms with Crippen LogP contribution in [0, 0.1) is 5.92 Å². The number of rotatable bonds is 1. The summed E-state index contributed by atoms with van der Waals surface area (Å²) < 4.78 is 0. The zero-order chi connectivity index (χ0) is 10.6. The van der Waals surface area contributed by atoms with Gasteiger partial charge in [-0.3, -0.25) is 0 Å². The average Bonchev–Trinajstić information content (AvgIpc) is 2.15. The molecule has 1 aliphatic rings. The molecule has 80 valence electrons. The first-order valence-corrected chi connectivity index (χ1v) is 6.50. The lowest BCUT2D eigenvalue weighted by atomic mass is 9.61. The van der Waals surface area contributed by atoms with E-state index in [0.717, 1.165) is 11.7 Å². The van der Waals surface area contributed by atoms with Crippen molar-refractivity contribution < 1.29 is 0 Å². The van der Waals surface area contributed by atoms with Gasteiger partial charge >= 0.3 is 0 Å². The smallest absolute Gasteiger partial charge is 0.0697 e. The van der Waals surface area contributed by atoms with Crippen LogP contribution in [-0.4, -0.2) is 15.7 Å². The summed E-state index contributed by atoms with van der Waals surface area (Å²) in [4.78, 5) is 0. The van der Waals surface area contributed by atoms with Crippen LogP contribution < -0.4 is 0 Å². The molecular formula is C12H26B2. The Morgan fingerprint density at radius 3 is 2.07 bits per heavy atom. The van der Waals surface area contributed by atoms with Crippen molar-refractivity contribution >= 4 is 15.7 Å². The summed E-state index contributed by atoms with van der Waals surface area (Å²) in [7, 11) is 4.84. The highest BCUT2D eigenvalue weighted by Gasteiger charge is 2.24. The van der Waals surface area contributed by atoms with Crippen molar-refractivity contribution in [1.82, 2.24) is 0 Å². The van der Waals surface area contributed by atoms with Crippen LogP contribution in [0.4, 0.5) is 0 Å². The standard InChI is InChI=1S/C12H26B2/c1-12(2,14)10-6-3-4-8-11(13)9-5-7-10/h10-11H,3-9,13-14H2,1-2H3. The zero-order valence-corrected chi connectivity index (χ0v) is 10.6. The highest BCUT2D eigenvalue weighted by atomic mass is 14.3. The molecule has 0 saturated heterocycles. The summed E-state index contributed by atoms with van der Waals surface area (Å²) in [5, 5.41) is 0.535. The third-order valence-corrected chi connectivity index (χ3v) is 3.97. The molecule has 0 spiro atoms. The van der Waals surface area contributed by atoms with Gasteiger partial charge in [-0.15, -0.1) is 0 Å². The molecule has 1 fully saturated rings. The van der Waals surface area contributed by atoms with Gasteiger partial charge in [-0.1, -0.05) is 69.9 Å². The van der Waals surface area contributed by atoms with Gasteiger partial charge in [0.15, 0.2) is 0 Å². The summed E-state index contributed by atoms with van der Waals surface area (Å²) >= 11 is 0. The van der Waals surface area contributed by atoms with E-state index in [1.165, 1.54) is 44.9 Å². The van der Waals surface area contributed by atoms with Gasteiger partial charge in [0.25, 0.3) is 0 Å². The van der Waals surface area contributed by atoms with Crippen molar-refractivity contribution in [2.75, 3.05) is 0 Å². The molecule has 1 rings (SSSR count). The maximum Gasteiger partial charge on any atom is 0.109 e. The van der Waals surface area contributed by atoms with Gasteiger partial charge in [0, 0.05) is 0 Å². The molecule has 0 bridgehead atoms. The van der Waals surface area contributed by atoms with Gasteiger partial charge in [-0.25, -0.2) is 0 Å². The van der Waals surface area contributed by atoms with Gasteiger partial charge in [-0.2, -0.15) is 0 Å². The lowest BCUT2D eigenvalue weighted by molar-refractivity contribution is 0.340. The van der Waals surface area contributed by atoms with Crippen LogP contribution in [0.25, 0.3) is 0 Å². The normalized spacial score (nSPS) is 31.6. The Labute approximate surface area is 92.1 Å². The lowest BCUT2D eigenvalue weighted by Gasteiger charge is -2.30. The molecule has 1 saturated carbocycles. The van der Waals surface area contributed by atoms with E-state index in [-0.39, 0.29) is 0 Å². The second kappa shape index (κ2) is 5.28. The molecule has 0 nitrogen and oxygen atoms in total. The minimum atomic E-state index is 0.535. The van der Waals surface area contributed by atoms with E-state index in [1.54, 1.807) is 0 Å². The topological polar surface area (TPSA) is 0 Å². The van der Waals surface area contributed by atoms with Crippen LogP contribution in [0.15, 0.2) is 0 Å². The molecule has 2 atom stereocenters. The predicted octanol–water partition coefficient (Wildman–Crippen LogP) is 2.60. The van der Waals surface area contributed by atoms with Gasteiger partial charge in [0.1, 0.15) is 15.7 Å². The van der Waals surface area contributed by atoms with Crippen molar-refractivity contribution in [2.45, 2.75) is 69.9 Å². The highest BCUT2D eigenvalue weighted by molar-refractivity contribution is 6.14. The molecular weight excluding hydrogens is 166 g/mol.